The normalized spacial score (nSPS) is 12.2. The first-order valence-corrected chi connectivity index (χ1v) is 4.12. The van der Waals surface area contributed by atoms with E-state index in [1.807, 2.05) is 0 Å². The van der Waals surface area contributed by atoms with Crippen LogP contribution in [0, 0.1) is 0 Å². The van der Waals surface area contributed by atoms with Crippen molar-refractivity contribution in [2.24, 2.45) is 5.73 Å². The minimum Gasteiger partial charge on any atom is -0.383 e. The monoisotopic (exact) mass is 241 g/mol. The highest BCUT2D eigenvalue weighted by Crippen LogP contribution is 2.33. The van der Waals surface area contributed by atoms with Gasteiger partial charge in [0.1, 0.15) is 11.5 Å². The zero-order chi connectivity index (χ0) is 12.5. The number of nitrogens with zero attached hydrogens (tertiary/aromatic N) is 1. The molecule has 0 unspecified atom stereocenters. The number of pyridine rings is 1. The maximum atomic E-state index is 12.5. The molecule has 16 heavy (non-hydrogen) atoms. The van der Waals surface area contributed by atoms with Crippen LogP contribution in [0.5, 0.6) is 0 Å². The van der Waals surface area contributed by atoms with Gasteiger partial charge < -0.3 is 11.5 Å². The van der Waals surface area contributed by atoms with E-state index in [0.717, 1.165) is 0 Å². The predicted molar refractivity (Wildman–Crippen MR) is 46.5 cm³/mol. The van der Waals surface area contributed by atoms with Gasteiger partial charge in [-0.3, -0.25) is 0 Å². The highest BCUT2D eigenvalue weighted by Gasteiger charge is 2.34. The van der Waals surface area contributed by atoms with Gasteiger partial charge in [0.05, 0.1) is 0 Å². The van der Waals surface area contributed by atoms with Crippen LogP contribution in [-0.2, 0) is 12.7 Å². The average molecular weight is 241 g/mol. The molecule has 1 rings (SSSR count). The molecule has 4 N–H and O–H groups in total. The van der Waals surface area contributed by atoms with Gasteiger partial charge in [0.2, 0.25) is 0 Å². The van der Waals surface area contributed by atoms with Crippen molar-refractivity contribution in [1.82, 2.24) is 4.98 Å². The topological polar surface area (TPSA) is 64.9 Å². The maximum Gasteiger partial charge on any atom is 0.433 e. The lowest BCUT2D eigenvalue weighted by atomic mass is 10.1. The van der Waals surface area contributed by atoms with Gasteiger partial charge in [0.25, 0.3) is 6.43 Å². The number of aromatic nitrogens is 1. The van der Waals surface area contributed by atoms with Gasteiger partial charge >= 0.3 is 6.18 Å². The summed E-state index contributed by atoms with van der Waals surface area (Å²) in [5.41, 5.74) is 7.72. The summed E-state index contributed by atoms with van der Waals surface area (Å²) < 4.78 is 61.7. The van der Waals surface area contributed by atoms with Crippen molar-refractivity contribution in [3.05, 3.63) is 22.9 Å². The van der Waals surface area contributed by atoms with Gasteiger partial charge in [-0.2, -0.15) is 13.2 Å². The van der Waals surface area contributed by atoms with Crippen molar-refractivity contribution in [2.45, 2.75) is 19.1 Å². The van der Waals surface area contributed by atoms with Crippen molar-refractivity contribution in [3.8, 4) is 0 Å². The molecule has 0 atom stereocenters. The Morgan fingerprint density at radius 3 is 2.25 bits per heavy atom. The van der Waals surface area contributed by atoms with Crippen LogP contribution in [-0.4, -0.2) is 4.98 Å². The lowest BCUT2D eigenvalue weighted by molar-refractivity contribution is -0.141. The number of nitrogen functional groups attached to an aromatic ring is 1. The summed E-state index contributed by atoms with van der Waals surface area (Å²) in [5.74, 6) is -0.618. The molecule has 0 bridgehead atoms. The van der Waals surface area contributed by atoms with E-state index in [9.17, 15) is 22.0 Å². The van der Waals surface area contributed by atoms with Gasteiger partial charge in [-0.25, -0.2) is 13.8 Å². The molecule has 0 aromatic carbocycles. The van der Waals surface area contributed by atoms with Crippen LogP contribution in [0.1, 0.15) is 23.2 Å². The Hall–Kier alpha value is -1.44. The van der Waals surface area contributed by atoms with E-state index in [4.69, 9.17) is 11.5 Å². The summed E-state index contributed by atoms with van der Waals surface area (Å²) in [6.07, 6.45) is -7.89. The van der Waals surface area contributed by atoms with Crippen LogP contribution < -0.4 is 11.5 Å². The lowest BCUT2D eigenvalue weighted by Gasteiger charge is -2.13. The van der Waals surface area contributed by atoms with E-state index < -0.39 is 36.2 Å². The first kappa shape index (κ1) is 12.6. The zero-order valence-electron chi connectivity index (χ0n) is 7.85. The molecule has 1 aromatic heterocycles. The molecule has 0 amide bonds. The minimum absolute atomic E-state index is 0.261. The fraction of sp³-hybridized carbons (Fsp3) is 0.375. The molecule has 90 valence electrons. The molecular formula is C8H8F5N3. The fourth-order valence-electron chi connectivity index (χ4n) is 1.17. The van der Waals surface area contributed by atoms with Crippen molar-refractivity contribution in [2.75, 3.05) is 5.73 Å². The molecular weight excluding hydrogens is 233 g/mol. The quantitative estimate of drug-likeness (QED) is 0.779. The second-order valence-corrected chi connectivity index (χ2v) is 2.96. The molecule has 0 saturated heterocycles. The van der Waals surface area contributed by atoms with Crippen LogP contribution in [0.4, 0.5) is 27.8 Å². The fourth-order valence-corrected chi connectivity index (χ4v) is 1.17. The Kier molecular flexibility index (Phi) is 3.32. The summed E-state index contributed by atoms with van der Waals surface area (Å²) in [4.78, 5) is 3.00. The van der Waals surface area contributed by atoms with E-state index in [1.165, 1.54) is 0 Å². The van der Waals surface area contributed by atoms with E-state index in [1.54, 1.807) is 0 Å². The second-order valence-electron chi connectivity index (χ2n) is 2.96. The van der Waals surface area contributed by atoms with Crippen molar-refractivity contribution < 1.29 is 22.0 Å². The van der Waals surface area contributed by atoms with Crippen molar-refractivity contribution >= 4 is 5.82 Å². The molecule has 0 aliphatic heterocycles. The van der Waals surface area contributed by atoms with E-state index in [2.05, 4.69) is 4.98 Å². The SMILES string of the molecule is NCc1c(C(F)F)cc(C(F)(F)F)nc1N. The predicted octanol–water partition coefficient (Wildman–Crippen LogP) is 2.08. The molecule has 0 spiro atoms. The van der Waals surface area contributed by atoms with E-state index in [-0.39, 0.29) is 11.6 Å². The Balaban J connectivity index is 3.40. The third-order valence-corrected chi connectivity index (χ3v) is 1.92. The number of anilines is 1. The zero-order valence-corrected chi connectivity index (χ0v) is 7.85. The first-order valence-electron chi connectivity index (χ1n) is 4.12. The number of hydrogen-bond acceptors (Lipinski definition) is 3. The molecule has 0 saturated carbocycles. The Morgan fingerprint density at radius 1 is 1.31 bits per heavy atom. The van der Waals surface area contributed by atoms with Gasteiger partial charge in [0.15, 0.2) is 0 Å². The highest BCUT2D eigenvalue weighted by molar-refractivity contribution is 5.47. The maximum absolute atomic E-state index is 12.5. The molecule has 3 nitrogen and oxygen atoms in total. The van der Waals surface area contributed by atoms with Gasteiger partial charge in [0, 0.05) is 17.7 Å². The number of rotatable bonds is 2. The summed E-state index contributed by atoms with van der Waals surface area (Å²) in [5, 5.41) is 0. The van der Waals surface area contributed by atoms with E-state index in [0.29, 0.717) is 0 Å². The smallest absolute Gasteiger partial charge is 0.383 e. The van der Waals surface area contributed by atoms with Gasteiger partial charge in [-0.05, 0) is 6.07 Å². The van der Waals surface area contributed by atoms with Gasteiger partial charge in [-0.1, -0.05) is 0 Å². The standard InChI is InChI=1S/C8H8F5N3/c9-6(10)3-1-5(8(11,12)13)16-7(15)4(3)2-14/h1,6H,2,14H2,(H2,15,16). The molecule has 0 radical (unpaired) electrons. The van der Waals surface area contributed by atoms with Crippen LogP contribution in [0.25, 0.3) is 0 Å². The van der Waals surface area contributed by atoms with E-state index >= 15 is 0 Å². The number of halogens is 5. The summed E-state index contributed by atoms with van der Waals surface area (Å²) in [6.45, 7) is -0.392. The van der Waals surface area contributed by atoms with Gasteiger partial charge in [-0.15, -0.1) is 0 Å². The molecule has 1 aromatic rings. The largest absolute Gasteiger partial charge is 0.433 e. The minimum atomic E-state index is -4.81. The van der Waals surface area contributed by atoms with Crippen LogP contribution in [0.3, 0.4) is 0 Å². The Morgan fingerprint density at radius 2 is 1.88 bits per heavy atom. The van der Waals surface area contributed by atoms with Crippen LogP contribution in [0.15, 0.2) is 6.07 Å². The number of hydrogen-bond donors (Lipinski definition) is 2. The molecule has 0 aliphatic carbocycles. The third-order valence-electron chi connectivity index (χ3n) is 1.92. The number of alkyl halides is 5. The van der Waals surface area contributed by atoms with Crippen LogP contribution >= 0.6 is 0 Å². The van der Waals surface area contributed by atoms with Crippen molar-refractivity contribution in [1.29, 1.82) is 0 Å². The Bertz CT molecular complexity index is 388. The third kappa shape index (κ3) is 2.38. The summed E-state index contributed by atoms with van der Waals surface area (Å²) in [7, 11) is 0. The first-order chi connectivity index (χ1) is 7.27. The summed E-state index contributed by atoms with van der Waals surface area (Å²) in [6, 6.07) is 0.267. The summed E-state index contributed by atoms with van der Waals surface area (Å²) >= 11 is 0. The average Bonchev–Trinajstić information content (AvgIpc) is 2.14. The molecule has 0 aliphatic rings. The molecule has 1 heterocycles. The highest BCUT2D eigenvalue weighted by atomic mass is 19.4. The molecule has 8 heteroatoms. The van der Waals surface area contributed by atoms with Crippen molar-refractivity contribution in [3.63, 3.8) is 0 Å². The molecule has 0 fully saturated rings. The second kappa shape index (κ2) is 4.20. The van der Waals surface area contributed by atoms with Crippen LogP contribution in [0.2, 0.25) is 0 Å². The lowest BCUT2D eigenvalue weighted by Crippen LogP contribution is -2.15. The number of nitrogens with two attached hydrogens (primary N) is 2. The Labute approximate surface area is 87.3 Å².